The number of hydrazone groups is 1. The Labute approximate surface area is 172 Å². The molecule has 1 N–H and O–H groups in total. The minimum absolute atomic E-state index is 0.557. The highest BCUT2D eigenvalue weighted by atomic mass is 35.5. The first-order chi connectivity index (χ1) is 13.1. The SMILES string of the molecule is COc1ccc(CN2N=C(c3ccc(Cl)cc3)c3ccsc3NC2=S)cc1. The van der Waals surface area contributed by atoms with Gasteiger partial charge in [-0.25, -0.2) is 5.01 Å². The molecule has 1 aliphatic heterocycles. The molecule has 0 atom stereocenters. The van der Waals surface area contributed by atoms with Crippen LogP contribution >= 0.6 is 35.2 Å². The van der Waals surface area contributed by atoms with E-state index in [-0.39, 0.29) is 0 Å². The van der Waals surface area contributed by atoms with Gasteiger partial charge in [-0.2, -0.15) is 5.10 Å². The van der Waals surface area contributed by atoms with Gasteiger partial charge in [0.15, 0.2) is 5.11 Å². The van der Waals surface area contributed by atoms with Gasteiger partial charge in [-0.15, -0.1) is 11.3 Å². The van der Waals surface area contributed by atoms with E-state index in [0.717, 1.165) is 33.2 Å². The number of rotatable bonds is 4. The highest BCUT2D eigenvalue weighted by molar-refractivity contribution is 7.80. The first kappa shape index (κ1) is 18.0. The van der Waals surface area contributed by atoms with E-state index in [0.29, 0.717) is 16.7 Å². The van der Waals surface area contributed by atoms with E-state index in [1.807, 2.05) is 58.9 Å². The first-order valence-electron chi connectivity index (χ1n) is 8.28. The second-order valence-corrected chi connectivity index (χ2v) is 7.69. The summed E-state index contributed by atoms with van der Waals surface area (Å²) >= 11 is 13.3. The van der Waals surface area contributed by atoms with Crippen molar-refractivity contribution in [3.63, 3.8) is 0 Å². The van der Waals surface area contributed by atoms with Crippen molar-refractivity contribution in [2.75, 3.05) is 12.4 Å². The molecule has 0 amide bonds. The van der Waals surface area contributed by atoms with Gasteiger partial charge in [0.25, 0.3) is 0 Å². The van der Waals surface area contributed by atoms with Gasteiger partial charge in [0.2, 0.25) is 0 Å². The molecule has 7 heteroatoms. The monoisotopic (exact) mass is 413 g/mol. The van der Waals surface area contributed by atoms with Crippen LogP contribution in [0.3, 0.4) is 0 Å². The van der Waals surface area contributed by atoms with Gasteiger partial charge in [-0.05, 0) is 53.5 Å². The number of methoxy groups -OCH3 is 1. The van der Waals surface area contributed by atoms with Gasteiger partial charge in [-0.3, -0.25) is 0 Å². The molecular formula is C20H16ClN3OS2. The number of nitrogens with one attached hydrogen (secondary N) is 1. The van der Waals surface area contributed by atoms with Crippen LogP contribution in [0.4, 0.5) is 5.00 Å². The van der Waals surface area contributed by atoms with Crippen LogP contribution in [0.5, 0.6) is 5.75 Å². The molecule has 0 radical (unpaired) electrons. The first-order valence-corrected chi connectivity index (χ1v) is 9.94. The zero-order valence-corrected chi connectivity index (χ0v) is 16.9. The van der Waals surface area contributed by atoms with E-state index in [1.54, 1.807) is 18.4 Å². The molecule has 0 saturated carbocycles. The maximum absolute atomic E-state index is 6.05. The number of thiophene rings is 1. The Hall–Kier alpha value is -2.41. The topological polar surface area (TPSA) is 36.9 Å². The number of ether oxygens (including phenoxy) is 1. The summed E-state index contributed by atoms with van der Waals surface area (Å²) in [4.78, 5) is 0. The molecular weight excluding hydrogens is 398 g/mol. The number of hydrogen-bond acceptors (Lipinski definition) is 4. The molecule has 0 spiro atoms. The van der Waals surface area contributed by atoms with Crippen LogP contribution < -0.4 is 10.1 Å². The number of thiocarbonyl (C=S) groups is 1. The Balaban J connectivity index is 1.72. The lowest BCUT2D eigenvalue weighted by molar-refractivity contribution is 0.413. The van der Waals surface area contributed by atoms with Crippen molar-refractivity contribution in [1.82, 2.24) is 5.01 Å². The maximum atomic E-state index is 6.05. The molecule has 0 fully saturated rings. The smallest absolute Gasteiger partial charge is 0.195 e. The fraction of sp³-hybridized carbons (Fsp3) is 0.100. The van der Waals surface area contributed by atoms with Crippen LogP contribution in [0.2, 0.25) is 5.02 Å². The molecule has 2 heterocycles. The number of hydrogen-bond donors (Lipinski definition) is 1. The second kappa shape index (κ2) is 7.68. The van der Waals surface area contributed by atoms with Crippen LogP contribution in [-0.2, 0) is 6.54 Å². The fourth-order valence-corrected chi connectivity index (χ4v) is 3.99. The summed E-state index contributed by atoms with van der Waals surface area (Å²) in [7, 11) is 1.66. The average molecular weight is 414 g/mol. The van der Waals surface area contributed by atoms with Gasteiger partial charge >= 0.3 is 0 Å². The van der Waals surface area contributed by atoms with E-state index in [4.69, 9.17) is 33.7 Å². The van der Waals surface area contributed by atoms with Gasteiger partial charge in [0.05, 0.1) is 13.7 Å². The Morgan fingerprint density at radius 1 is 1.11 bits per heavy atom. The molecule has 136 valence electrons. The molecule has 0 saturated heterocycles. The van der Waals surface area contributed by atoms with E-state index in [2.05, 4.69) is 11.4 Å². The van der Waals surface area contributed by atoms with Crippen LogP contribution in [-0.4, -0.2) is 22.9 Å². The molecule has 3 aromatic rings. The predicted octanol–water partition coefficient (Wildman–Crippen LogP) is 5.38. The van der Waals surface area contributed by atoms with Gasteiger partial charge in [0, 0.05) is 16.1 Å². The lowest BCUT2D eigenvalue weighted by Crippen LogP contribution is -2.29. The van der Waals surface area contributed by atoms with Crippen molar-refractivity contribution < 1.29 is 4.74 Å². The Morgan fingerprint density at radius 2 is 1.85 bits per heavy atom. The van der Waals surface area contributed by atoms with Gasteiger partial charge in [-0.1, -0.05) is 35.9 Å². The minimum atomic E-state index is 0.557. The van der Waals surface area contributed by atoms with Gasteiger partial charge < -0.3 is 10.1 Å². The summed E-state index contributed by atoms with van der Waals surface area (Å²) in [5, 5.41) is 14.3. The fourth-order valence-electron chi connectivity index (χ4n) is 2.81. The van der Waals surface area contributed by atoms with Crippen molar-refractivity contribution in [1.29, 1.82) is 0 Å². The molecule has 2 aromatic carbocycles. The Kier molecular flexibility index (Phi) is 5.11. The molecule has 27 heavy (non-hydrogen) atoms. The third-order valence-electron chi connectivity index (χ3n) is 4.21. The van der Waals surface area contributed by atoms with Crippen LogP contribution in [0, 0.1) is 0 Å². The van der Waals surface area contributed by atoms with Crippen LogP contribution in [0.25, 0.3) is 0 Å². The molecule has 4 rings (SSSR count). The second-order valence-electron chi connectivity index (χ2n) is 5.95. The highest BCUT2D eigenvalue weighted by Crippen LogP contribution is 2.30. The summed E-state index contributed by atoms with van der Waals surface area (Å²) in [5.74, 6) is 0.822. The van der Waals surface area contributed by atoms with Crippen LogP contribution in [0.1, 0.15) is 16.7 Å². The summed E-state index contributed by atoms with van der Waals surface area (Å²) in [5.41, 5.74) is 3.97. The Morgan fingerprint density at radius 3 is 2.56 bits per heavy atom. The molecule has 0 aliphatic carbocycles. The third kappa shape index (κ3) is 3.83. The van der Waals surface area contributed by atoms with Gasteiger partial charge in [0.1, 0.15) is 16.5 Å². The molecule has 4 nitrogen and oxygen atoms in total. The van der Waals surface area contributed by atoms with Crippen molar-refractivity contribution in [2.45, 2.75) is 6.54 Å². The standard InChI is InChI=1S/C20H16ClN3OS2/c1-25-16-8-2-13(3-9-16)12-24-20(26)22-19-17(10-11-27-19)18(23-24)14-4-6-15(21)7-5-14/h2-11H,12H2,1H3,(H,22,26). The summed E-state index contributed by atoms with van der Waals surface area (Å²) < 4.78 is 5.23. The molecule has 0 bridgehead atoms. The Bertz CT molecular complexity index is 997. The van der Waals surface area contributed by atoms with Crippen molar-refractivity contribution in [2.24, 2.45) is 5.10 Å². The number of nitrogens with zero attached hydrogens (tertiary/aromatic N) is 2. The molecule has 1 aliphatic rings. The zero-order valence-electron chi connectivity index (χ0n) is 14.5. The quantitative estimate of drug-likeness (QED) is 0.583. The van der Waals surface area contributed by atoms with Crippen molar-refractivity contribution in [3.05, 3.63) is 81.7 Å². The number of halogens is 1. The lowest BCUT2D eigenvalue weighted by Gasteiger charge is -2.19. The summed E-state index contributed by atoms with van der Waals surface area (Å²) in [6.07, 6.45) is 0. The van der Waals surface area contributed by atoms with E-state index in [1.165, 1.54) is 0 Å². The lowest BCUT2D eigenvalue weighted by atomic mass is 10.0. The largest absolute Gasteiger partial charge is 0.497 e. The minimum Gasteiger partial charge on any atom is -0.497 e. The number of fused-ring (bicyclic) bond motifs is 1. The molecule has 1 aromatic heterocycles. The maximum Gasteiger partial charge on any atom is 0.195 e. The van der Waals surface area contributed by atoms with E-state index < -0.39 is 0 Å². The molecule has 0 unspecified atom stereocenters. The number of benzene rings is 2. The van der Waals surface area contributed by atoms with E-state index >= 15 is 0 Å². The van der Waals surface area contributed by atoms with Crippen molar-refractivity contribution in [3.8, 4) is 5.75 Å². The predicted molar refractivity (Wildman–Crippen MR) is 116 cm³/mol. The highest BCUT2D eigenvalue weighted by Gasteiger charge is 2.22. The van der Waals surface area contributed by atoms with Crippen LogP contribution in [0.15, 0.2) is 65.1 Å². The average Bonchev–Trinajstić information content (AvgIpc) is 3.09. The van der Waals surface area contributed by atoms with E-state index in [9.17, 15) is 0 Å². The third-order valence-corrected chi connectivity index (χ3v) is 5.60. The number of anilines is 1. The summed E-state index contributed by atoms with van der Waals surface area (Å²) in [6, 6.07) is 17.6. The zero-order chi connectivity index (χ0) is 18.8. The normalized spacial score (nSPS) is 13.5. The summed E-state index contributed by atoms with van der Waals surface area (Å²) in [6.45, 7) is 0.557. The van der Waals surface area contributed by atoms with Crippen molar-refractivity contribution >= 4 is 51.0 Å².